The Labute approximate surface area is 189 Å². The van der Waals surface area contributed by atoms with Crippen LogP contribution in [0.4, 0.5) is 32.4 Å². The first-order valence-electron chi connectivity index (χ1n) is 9.62. The molecular weight excluding hydrogens is 463 g/mol. The van der Waals surface area contributed by atoms with E-state index in [1.165, 1.54) is 12.1 Å². The zero-order chi connectivity index (χ0) is 24.8. The van der Waals surface area contributed by atoms with Crippen LogP contribution in [0.15, 0.2) is 54.6 Å². The fourth-order valence-corrected chi connectivity index (χ4v) is 2.88. The first kappa shape index (κ1) is 24.5. The van der Waals surface area contributed by atoms with Crippen molar-refractivity contribution in [2.45, 2.75) is 12.5 Å². The maximum atomic E-state index is 13.8. The van der Waals surface area contributed by atoms with E-state index in [-0.39, 0.29) is 17.9 Å². The maximum absolute atomic E-state index is 13.8. The van der Waals surface area contributed by atoms with Crippen molar-refractivity contribution in [3.8, 4) is 11.5 Å². The molecule has 0 aliphatic carbocycles. The van der Waals surface area contributed by atoms with Gasteiger partial charge >= 0.3 is 6.03 Å². The van der Waals surface area contributed by atoms with Crippen LogP contribution in [-0.4, -0.2) is 18.0 Å². The molecule has 178 valence electrons. The van der Waals surface area contributed by atoms with Gasteiger partial charge in [0.1, 0.15) is 11.8 Å². The topological polar surface area (TPSA) is 105 Å². The monoisotopic (exact) mass is 480 g/mol. The Kier molecular flexibility index (Phi) is 7.64. The molecule has 3 rings (SSSR count). The summed E-state index contributed by atoms with van der Waals surface area (Å²) in [4.78, 5) is 24.3. The number of ether oxygens (including phenoxy) is 1. The third-order valence-electron chi connectivity index (χ3n) is 4.55. The summed E-state index contributed by atoms with van der Waals surface area (Å²) in [7, 11) is 0. The lowest BCUT2D eigenvalue weighted by Crippen LogP contribution is -2.51. The van der Waals surface area contributed by atoms with E-state index >= 15 is 0 Å². The number of nitrogens with two attached hydrogens (primary N) is 1. The lowest BCUT2D eigenvalue weighted by Gasteiger charge is -2.18. The molecule has 3 aromatic carbocycles. The molecule has 0 heterocycles. The molecule has 1 atom stereocenters. The summed E-state index contributed by atoms with van der Waals surface area (Å²) in [5.74, 6) is -8.03. The van der Waals surface area contributed by atoms with E-state index in [2.05, 4.69) is 10.6 Å². The minimum absolute atomic E-state index is 0.159. The standard InChI is InChI=1S/C22H17F5N4O3/c23-15-16(24)18(26)20(19(27)17(15)25)34-13-8-6-12(7-9-13)29-22(33)30-14(21(32)31-28)10-11-4-2-1-3-5-11/h1-9,14H,10,28H2,(H,31,32)(H2,29,30,33)/t14-/m0/s1. The van der Waals surface area contributed by atoms with Gasteiger partial charge in [-0.1, -0.05) is 30.3 Å². The molecule has 0 aliphatic heterocycles. The minimum atomic E-state index is -2.30. The second-order valence-corrected chi connectivity index (χ2v) is 6.87. The maximum Gasteiger partial charge on any atom is 0.319 e. The summed E-state index contributed by atoms with van der Waals surface area (Å²) in [6.45, 7) is 0. The van der Waals surface area contributed by atoms with E-state index in [9.17, 15) is 31.5 Å². The Bertz CT molecular complexity index is 1160. The minimum Gasteiger partial charge on any atom is -0.451 e. The fourth-order valence-electron chi connectivity index (χ4n) is 2.88. The summed E-state index contributed by atoms with van der Waals surface area (Å²) in [5, 5.41) is 4.89. The van der Waals surface area contributed by atoms with Gasteiger partial charge in [-0.25, -0.2) is 23.8 Å². The first-order chi connectivity index (χ1) is 16.2. The molecule has 0 unspecified atom stereocenters. The number of halogens is 5. The number of carbonyl (C=O) groups excluding carboxylic acids is 2. The fraction of sp³-hybridized carbons (Fsp3) is 0.0909. The van der Waals surface area contributed by atoms with Crippen LogP contribution in [-0.2, 0) is 11.2 Å². The molecule has 3 aromatic rings. The Morgan fingerprint density at radius 1 is 0.824 bits per heavy atom. The third-order valence-corrected chi connectivity index (χ3v) is 4.55. The van der Waals surface area contributed by atoms with Crippen LogP contribution in [0, 0.1) is 29.1 Å². The average Bonchev–Trinajstić information content (AvgIpc) is 2.85. The number of benzene rings is 3. The normalized spacial score (nSPS) is 11.5. The number of urea groups is 1. The van der Waals surface area contributed by atoms with Crippen molar-refractivity contribution in [3.05, 3.63) is 89.2 Å². The van der Waals surface area contributed by atoms with Gasteiger partial charge in [-0.2, -0.15) is 8.78 Å². The molecule has 34 heavy (non-hydrogen) atoms. The molecule has 0 aromatic heterocycles. The molecule has 0 aliphatic rings. The van der Waals surface area contributed by atoms with Gasteiger partial charge in [0.05, 0.1) is 0 Å². The summed E-state index contributed by atoms with van der Waals surface area (Å²) >= 11 is 0. The highest BCUT2D eigenvalue weighted by Crippen LogP contribution is 2.33. The molecule has 5 N–H and O–H groups in total. The van der Waals surface area contributed by atoms with Crippen LogP contribution in [0.3, 0.4) is 0 Å². The summed E-state index contributed by atoms with van der Waals surface area (Å²) in [5.41, 5.74) is 2.91. The van der Waals surface area contributed by atoms with Gasteiger partial charge in [-0.05, 0) is 29.8 Å². The van der Waals surface area contributed by atoms with Gasteiger partial charge < -0.3 is 15.4 Å². The van der Waals surface area contributed by atoms with Crippen LogP contribution in [0.5, 0.6) is 11.5 Å². The second-order valence-electron chi connectivity index (χ2n) is 6.87. The molecule has 3 amide bonds. The van der Waals surface area contributed by atoms with Gasteiger partial charge in [0, 0.05) is 12.1 Å². The van der Waals surface area contributed by atoms with E-state index in [4.69, 9.17) is 10.6 Å². The molecule has 7 nitrogen and oxygen atoms in total. The van der Waals surface area contributed by atoms with Crippen molar-refractivity contribution < 1.29 is 36.3 Å². The van der Waals surface area contributed by atoms with Gasteiger partial charge in [-0.3, -0.25) is 10.2 Å². The predicted octanol–water partition coefficient (Wildman–Crippen LogP) is 3.90. The van der Waals surface area contributed by atoms with Crippen LogP contribution in [0.25, 0.3) is 0 Å². The van der Waals surface area contributed by atoms with Crippen molar-refractivity contribution in [2.24, 2.45) is 5.84 Å². The highest BCUT2D eigenvalue weighted by Gasteiger charge is 2.27. The number of amides is 3. The molecule has 12 heteroatoms. The largest absolute Gasteiger partial charge is 0.451 e. The van der Waals surface area contributed by atoms with Crippen molar-refractivity contribution >= 4 is 17.6 Å². The summed E-state index contributed by atoms with van der Waals surface area (Å²) < 4.78 is 72.1. The summed E-state index contributed by atoms with van der Waals surface area (Å²) in [6, 6.07) is 11.8. The Balaban J connectivity index is 1.67. The van der Waals surface area contributed by atoms with Gasteiger partial charge in [0.25, 0.3) is 5.91 Å². The molecule has 0 saturated heterocycles. The molecule has 0 spiro atoms. The number of hydrazine groups is 1. The quantitative estimate of drug-likeness (QED) is 0.103. The van der Waals surface area contributed by atoms with Crippen molar-refractivity contribution in [3.63, 3.8) is 0 Å². The zero-order valence-electron chi connectivity index (χ0n) is 17.2. The number of hydrogen-bond donors (Lipinski definition) is 4. The van der Waals surface area contributed by atoms with E-state index in [1.54, 1.807) is 30.3 Å². The van der Waals surface area contributed by atoms with Gasteiger partial charge in [-0.15, -0.1) is 0 Å². The molecule has 0 saturated carbocycles. The van der Waals surface area contributed by atoms with Crippen LogP contribution >= 0.6 is 0 Å². The Morgan fingerprint density at radius 3 is 1.94 bits per heavy atom. The van der Waals surface area contributed by atoms with E-state index in [0.29, 0.717) is 0 Å². The number of nitrogens with one attached hydrogen (secondary N) is 3. The Hall–Kier alpha value is -4.19. The molecule has 0 radical (unpaired) electrons. The molecule has 0 bridgehead atoms. The number of anilines is 1. The van der Waals surface area contributed by atoms with Crippen LogP contribution in [0.2, 0.25) is 0 Å². The van der Waals surface area contributed by atoms with Crippen molar-refractivity contribution in [2.75, 3.05) is 5.32 Å². The number of carbonyl (C=O) groups is 2. The van der Waals surface area contributed by atoms with E-state index < -0.39 is 52.8 Å². The Morgan fingerprint density at radius 2 is 1.38 bits per heavy atom. The lowest BCUT2D eigenvalue weighted by molar-refractivity contribution is -0.122. The van der Waals surface area contributed by atoms with E-state index in [1.807, 2.05) is 5.43 Å². The highest BCUT2D eigenvalue weighted by atomic mass is 19.2. The number of hydrogen-bond acceptors (Lipinski definition) is 4. The lowest BCUT2D eigenvalue weighted by atomic mass is 10.1. The number of rotatable bonds is 7. The zero-order valence-corrected chi connectivity index (χ0v) is 17.2. The summed E-state index contributed by atoms with van der Waals surface area (Å²) in [6.07, 6.45) is 0.159. The SMILES string of the molecule is NNC(=O)[C@H](Cc1ccccc1)NC(=O)Nc1ccc(Oc2c(F)c(F)c(F)c(F)c2F)cc1. The van der Waals surface area contributed by atoms with Crippen LogP contribution in [0.1, 0.15) is 5.56 Å². The predicted molar refractivity (Wildman–Crippen MR) is 111 cm³/mol. The smallest absolute Gasteiger partial charge is 0.319 e. The second kappa shape index (κ2) is 10.6. The first-order valence-corrected chi connectivity index (χ1v) is 9.62. The van der Waals surface area contributed by atoms with E-state index in [0.717, 1.165) is 17.7 Å². The van der Waals surface area contributed by atoms with Gasteiger partial charge in [0.15, 0.2) is 0 Å². The highest BCUT2D eigenvalue weighted by molar-refractivity contribution is 5.93. The van der Waals surface area contributed by atoms with Crippen molar-refractivity contribution in [1.82, 2.24) is 10.7 Å². The van der Waals surface area contributed by atoms with Crippen molar-refractivity contribution in [1.29, 1.82) is 0 Å². The molecular formula is C22H17F5N4O3. The third kappa shape index (κ3) is 5.59. The van der Waals surface area contributed by atoms with Gasteiger partial charge in [0.2, 0.25) is 34.8 Å². The molecule has 0 fully saturated rings. The average molecular weight is 480 g/mol. The van der Waals surface area contributed by atoms with Crippen LogP contribution < -0.4 is 26.6 Å².